The van der Waals surface area contributed by atoms with Crippen molar-refractivity contribution in [3.63, 3.8) is 0 Å². The van der Waals surface area contributed by atoms with E-state index in [1.165, 1.54) is 6.92 Å². The van der Waals surface area contributed by atoms with Crippen molar-refractivity contribution < 1.29 is 13.2 Å². The SMILES string of the molecule is CCc1ccc(NC(=O)[C@@H]2CCCN(S(=O)(=O)c3c(C)[nH]c(=O)[nH]c3=O)C2)cc1. The monoisotopic (exact) mass is 420 g/mol. The number of nitrogens with one attached hydrogen (secondary N) is 3. The minimum absolute atomic E-state index is 0.0265. The van der Waals surface area contributed by atoms with Crippen LogP contribution in [-0.2, 0) is 21.2 Å². The topological polar surface area (TPSA) is 132 Å². The van der Waals surface area contributed by atoms with Crippen LogP contribution in [0.5, 0.6) is 0 Å². The fourth-order valence-electron chi connectivity index (χ4n) is 3.47. The standard InChI is InChI=1S/C19H24N4O5S/c1-3-13-6-8-15(9-7-13)21-17(24)14-5-4-10-23(11-14)29(27,28)16-12(2)20-19(26)22-18(16)25/h6-9,14H,3-5,10-11H2,1-2H3,(H,21,24)(H2,20,22,25,26)/t14-/m1/s1. The molecule has 1 aliphatic heterocycles. The van der Waals surface area contributed by atoms with E-state index in [-0.39, 0.29) is 24.7 Å². The van der Waals surface area contributed by atoms with Crippen LogP contribution in [0.2, 0.25) is 0 Å². The normalized spacial score (nSPS) is 17.8. The van der Waals surface area contributed by atoms with Crippen LogP contribution < -0.4 is 16.6 Å². The van der Waals surface area contributed by atoms with E-state index in [2.05, 4.69) is 10.3 Å². The van der Waals surface area contributed by atoms with Gasteiger partial charge in [0.1, 0.15) is 0 Å². The van der Waals surface area contributed by atoms with Crippen molar-refractivity contribution in [2.75, 3.05) is 18.4 Å². The van der Waals surface area contributed by atoms with E-state index < -0.39 is 32.1 Å². The summed E-state index contributed by atoms with van der Waals surface area (Å²) < 4.78 is 27.1. The van der Waals surface area contributed by atoms with Crippen molar-refractivity contribution in [1.29, 1.82) is 0 Å². The molecule has 1 saturated heterocycles. The molecule has 3 N–H and O–H groups in total. The smallest absolute Gasteiger partial charge is 0.325 e. The van der Waals surface area contributed by atoms with Gasteiger partial charge in [-0.2, -0.15) is 4.31 Å². The number of sulfonamides is 1. The Morgan fingerprint density at radius 3 is 2.52 bits per heavy atom. The summed E-state index contributed by atoms with van der Waals surface area (Å²) in [5.74, 6) is -0.798. The number of hydrogen-bond donors (Lipinski definition) is 3. The molecule has 3 rings (SSSR count). The molecule has 1 atom stereocenters. The van der Waals surface area contributed by atoms with Gasteiger partial charge in [0.15, 0.2) is 4.90 Å². The lowest BCUT2D eigenvalue weighted by Gasteiger charge is -2.31. The van der Waals surface area contributed by atoms with E-state index in [0.717, 1.165) is 16.3 Å². The van der Waals surface area contributed by atoms with Crippen LogP contribution in [0.4, 0.5) is 5.69 Å². The summed E-state index contributed by atoms with van der Waals surface area (Å²) in [4.78, 5) is 39.9. The van der Waals surface area contributed by atoms with Gasteiger partial charge >= 0.3 is 5.69 Å². The number of aromatic amines is 2. The number of amides is 1. The molecule has 0 radical (unpaired) electrons. The van der Waals surface area contributed by atoms with Crippen LogP contribution in [0.25, 0.3) is 0 Å². The number of hydrogen-bond acceptors (Lipinski definition) is 5. The van der Waals surface area contributed by atoms with Crippen molar-refractivity contribution in [2.24, 2.45) is 5.92 Å². The highest BCUT2D eigenvalue weighted by Gasteiger charge is 2.35. The lowest BCUT2D eigenvalue weighted by atomic mass is 9.98. The molecule has 0 bridgehead atoms. The second kappa shape index (κ2) is 8.34. The van der Waals surface area contributed by atoms with E-state index in [4.69, 9.17) is 0 Å². The average Bonchev–Trinajstić information content (AvgIpc) is 2.67. The second-order valence-corrected chi connectivity index (χ2v) is 8.98. The molecule has 2 heterocycles. The molecule has 0 aliphatic carbocycles. The van der Waals surface area contributed by atoms with E-state index >= 15 is 0 Å². The maximum Gasteiger partial charge on any atom is 0.325 e. The van der Waals surface area contributed by atoms with Gasteiger partial charge in [-0.25, -0.2) is 13.2 Å². The van der Waals surface area contributed by atoms with Crippen LogP contribution in [0.15, 0.2) is 38.8 Å². The fraction of sp³-hybridized carbons (Fsp3) is 0.421. The molecule has 1 fully saturated rings. The number of piperidine rings is 1. The first kappa shape index (κ1) is 21.0. The summed E-state index contributed by atoms with van der Waals surface area (Å²) in [5.41, 5.74) is 0.0474. The van der Waals surface area contributed by atoms with E-state index in [0.29, 0.717) is 18.5 Å². The van der Waals surface area contributed by atoms with Gasteiger partial charge in [-0.1, -0.05) is 19.1 Å². The van der Waals surface area contributed by atoms with Gasteiger partial charge < -0.3 is 10.3 Å². The summed E-state index contributed by atoms with van der Waals surface area (Å²) in [6.07, 6.45) is 1.94. The molecule has 9 nitrogen and oxygen atoms in total. The number of H-pyrrole nitrogens is 2. The minimum Gasteiger partial charge on any atom is -0.326 e. The van der Waals surface area contributed by atoms with Crippen molar-refractivity contribution in [3.05, 3.63) is 56.4 Å². The van der Waals surface area contributed by atoms with Crippen LogP contribution in [-0.4, -0.2) is 41.7 Å². The number of benzene rings is 1. The van der Waals surface area contributed by atoms with Crippen LogP contribution in [0.3, 0.4) is 0 Å². The van der Waals surface area contributed by atoms with Gasteiger partial charge in [0.2, 0.25) is 15.9 Å². The molecule has 0 spiro atoms. The number of carbonyl (C=O) groups is 1. The Labute approximate surface area is 168 Å². The molecular weight excluding hydrogens is 396 g/mol. The lowest BCUT2D eigenvalue weighted by molar-refractivity contribution is -0.120. The highest BCUT2D eigenvalue weighted by molar-refractivity contribution is 7.89. The van der Waals surface area contributed by atoms with Gasteiger partial charge in [-0.05, 0) is 43.9 Å². The number of nitrogens with zero attached hydrogens (tertiary/aromatic N) is 1. The Balaban J connectivity index is 1.78. The van der Waals surface area contributed by atoms with Crippen LogP contribution in [0, 0.1) is 12.8 Å². The number of aromatic nitrogens is 2. The first-order chi connectivity index (χ1) is 13.7. The molecule has 10 heteroatoms. The van der Waals surface area contributed by atoms with Gasteiger partial charge in [-0.3, -0.25) is 14.6 Å². The van der Waals surface area contributed by atoms with Gasteiger partial charge in [-0.15, -0.1) is 0 Å². The zero-order valence-electron chi connectivity index (χ0n) is 16.3. The molecule has 1 aromatic carbocycles. The summed E-state index contributed by atoms with van der Waals surface area (Å²) in [6.45, 7) is 3.58. The molecular formula is C19H24N4O5S. The molecule has 1 amide bonds. The summed E-state index contributed by atoms with van der Waals surface area (Å²) >= 11 is 0. The first-order valence-electron chi connectivity index (χ1n) is 9.45. The second-order valence-electron chi connectivity index (χ2n) is 7.10. The van der Waals surface area contributed by atoms with Crippen molar-refractivity contribution in [2.45, 2.75) is 38.0 Å². The van der Waals surface area contributed by atoms with Gasteiger partial charge in [0.25, 0.3) is 5.56 Å². The number of rotatable bonds is 5. The zero-order chi connectivity index (χ0) is 21.2. The Morgan fingerprint density at radius 1 is 1.21 bits per heavy atom. The molecule has 1 aliphatic rings. The summed E-state index contributed by atoms with van der Waals surface area (Å²) in [6, 6.07) is 7.49. The van der Waals surface area contributed by atoms with Crippen molar-refractivity contribution >= 4 is 21.6 Å². The highest BCUT2D eigenvalue weighted by atomic mass is 32.2. The fourth-order valence-corrected chi connectivity index (χ4v) is 5.20. The predicted octanol–water partition coefficient (Wildman–Crippen LogP) is 0.973. The Morgan fingerprint density at radius 2 is 1.90 bits per heavy atom. The Kier molecular flexibility index (Phi) is 6.04. The Bertz CT molecular complexity index is 1120. The molecule has 2 aromatic rings. The summed E-state index contributed by atoms with van der Waals surface area (Å²) in [7, 11) is -4.15. The number of carbonyl (C=O) groups excluding carboxylic acids is 1. The van der Waals surface area contributed by atoms with Crippen LogP contribution in [0.1, 0.15) is 31.0 Å². The van der Waals surface area contributed by atoms with E-state index in [1.807, 2.05) is 36.2 Å². The molecule has 0 unspecified atom stereocenters. The van der Waals surface area contributed by atoms with Crippen LogP contribution >= 0.6 is 0 Å². The number of aryl methyl sites for hydroxylation is 2. The minimum atomic E-state index is -4.15. The third-order valence-electron chi connectivity index (χ3n) is 5.06. The van der Waals surface area contributed by atoms with Gasteiger partial charge in [0.05, 0.1) is 5.92 Å². The first-order valence-corrected chi connectivity index (χ1v) is 10.9. The average molecular weight is 420 g/mol. The quantitative estimate of drug-likeness (QED) is 0.663. The summed E-state index contributed by atoms with van der Waals surface area (Å²) in [5, 5.41) is 2.83. The third-order valence-corrected chi connectivity index (χ3v) is 7.08. The third kappa shape index (κ3) is 4.48. The number of anilines is 1. The maximum absolute atomic E-state index is 13.0. The van der Waals surface area contributed by atoms with Crippen molar-refractivity contribution in [1.82, 2.24) is 14.3 Å². The lowest BCUT2D eigenvalue weighted by Crippen LogP contribution is -2.45. The zero-order valence-corrected chi connectivity index (χ0v) is 17.1. The molecule has 1 aromatic heterocycles. The van der Waals surface area contributed by atoms with Gasteiger partial charge in [0, 0.05) is 24.5 Å². The molecule has 156 valence electrons. The predicted molar refractivity (Wildman–Crippen MR) is 108 cm³/mol. The van der Waals surface area contributed by atoms with Crippen molar-refractivity contribution in [3.8, 4) is 0 Å². The maximum atomic E-state index is 13.0. The van der Waals surface area contributed by atoms with E-state index in [9.17, 15) is 22.8 Å². The molecule has 0 saturated carbocycles. The van der Waals surface area contributed by atoms with E-state index in [1.54, 1.807) is 0 Å². The highest BCUT2D eigenvalue weighted by Crippen LogP contribution is 2.24. The Hall–Kier alpha value is -2.72. The largest absolute Gasteiger partial charge is 0.326 e. The molecule has 29 heavy (non-hydrogen) atoms.